The molecule has 0 radical (unpaired) electrons. The van der Waals surface area contributed by atoms with Crippen LogP contribution < -0.4 is 10.2 Å². The highest BCUT2D eigenvalue weighted by molar-refractivity contribution is 7.91. The fourth-order valence-electron chi connectivity index (χ4n) is 5.70. The molecule has 6 rings (SSSR count). The molecule has 2 heterocycles. The van der Waals surface area contributed by atoms with E-state index in [1.807, 2.05) is 11.9 Å². The summed E-state index contributed by atoms with van der Waals surface area (Å²) in [7, 11) is -3.14. The molecule has 0 bridgehead atoms. The molecule has 0 unspecified atom stereocenters. The number of halogens is 1. The van der Waals surface area contributed by atoms with Crippen LogP contribution in [0.4, 0.5) is 17.1 Å². The largest absolute Gasteiger partial charge is 0.363 e. The molecule has 0 amide bonds. The molecule has 0 saturated carbocycles. The number of hydrogen-bond donors (Lipinski definition) is 1. The molecule has 2 saturated heterocycles. The zero-order valence-electron chi connectivity index (χ0n) is 29.5. The quantitative estimate of drug-likeness (QED) is 0.177. The Bertz CT molecular complexity index is 2060. The average Bonchev–Trinajstić information content (AvgIpc) is 3.13. The lowest BCUT2D eigenvalue weighted by Crippen LogP contribution is -2.44. The van der Waals surface area contributed by atoms with Crippen LogP contribution in [0.2, 0.25) is 5.02 Å². The third kappa shape index (κ3) is 11.8. The van der Waals surface area contributed by atoms with E-state index < -0.39 is 41.0 Å². The van der Waals surface area contributed by atoms with Crippen LogP contribution in [0.5, 0.6) is 0 Å². The Hall–Kier alpha value is -4.45. The number of hydrogen-bond acceptors (Lipinski definition) is 12. The molecule has 53 heavy (non-hydrogen) atoms. The first kappa shape index (κ1) is 41.3. The Morgan fingerprint density at radius 2 is 1.04 bits per heavy atom. The number of nitrogens with zero attached hydrogens (tertiary/aromatic N) is 5. The van der Waals surface area contributed by atoms with Crippen molar-refractivity contribution in [1.82, 2.24) is 15.1 Å². The van der Waals surface area contributed by atoms with Crippen LogP contribution in [0.25, 0.3) is 0 Å². The zero-order valence-corrected chi connectivity index (χ0v) is 31.9. The summed E-state index contributed by atoms with van der Waals surface area (Å²) < 4.78 is 49.8. The molecule has 284 valence electrons. The Labute approximate surface area is 315 Å². The smallest absolute Gasteiger partial charge is 0.296 e. The average molecular weight is 787 g/mol. The van der Waals surface area contributed by atoms with Gasteiger partial charge in [-0.3, -0.25) is 20.2 Å². The fraction of sp³-hybridized carbons (Fsp3) is 0.333. The molecule has 1 N–H and O–H groups in total. The van der Waals surface area contributed by atoms with Gasteiger partial charge in [0.05, 0.1) is 31.1 Å². The molecule has 17 heteroatoms. The van der Waals surface area contributed by atoms with E-state index in [-0.39, 0.29) is 37.3 Å². The molecule has 2 aliphatic rings. The lowest BCUT2D eigenvalue weighted by atomic mass is 10.1. The molecular formula is C36H43ClN6O8S2. The van der Waals surface area contributed by atoms with Crippen molar-refractivity contribution < 1.29 is 26.7 Å². The first-order valence-electron chi connectivity index (χ1n) is 16.8. The Kier molecular flexibility index (Phi) is 14.8. The molecular weight excluding hydrogens is 744 g/mol. The molecule has 4 aromatic carbocycles. The van der Waals surface area contributed by atoms with Gasteiger partial charge in [0, 0.05) is 63.5 Å². The van der Waals surface area contributed by atoms with Crippen LogP contribution >= 0.6 is 11.6 Å². The van der Waals surface area contributed by atoms with Gasteiger partial charge >= 0.3 is 0 Å². The predicted molar refractivity (Wildman–Crippen MR) is 206 cm³/mol. The standard InChI is InChI=1S/C18H21N3O4S.C13H10ClNO4S.C5H12N2/c1-19-10-12-20(13-11-19)17-9-5-6-15(18(17)21(22)23)14-26(24,25)16-7-3-2-4-8-16;14-12-8-4-5-10(13(12)15(16)17)9-20(18,19)11-6-2-1-3-7-11;1-7-4-2-6-3-5-7/h2-9H,10-14H2,1H3;1-8H,9H2;6H,2-5H2,1H3. The molecule has 0 spiro atoms. The number of para-hydroxylation sites is 2. The number of rotatable bonds is 9. The summed E-state index contributed by atoms with van der Waals surface area (Å²) in [6.07, 6.45) is 0. The van der Waals surface area contributed by atoms with E-state index in [2.05, 4.69) is 22.2 Å². The van der Waals surface area contributed by atoms with Crippen LogP contribution in [-0.4, -0.2) is 103 Å². The molecule has 0 aliphatic carbocycles. The van der Waals surface area contributed by atoms with Crippen LogP contribution in [0.1, 0.15) is 11.1 Å². The summed E-state index contributed by atoms with van der Waals surface area (Å²) in [5, 5.41) is 25.9. The molecule has 0 aromatic heterocycles. The first-order valence-corrected chi connectivity index (χ1v) is 20.4. The molecule has 2 fully saturated rings. The van der Waals surface area contributed by atoms with Crippen LogP contribution in [0.15, 0.2) is 107 Å². The van der Waals surface area contributed by atoms with Crippen molar-refractivity contribution in [3.63, 3.8) is 0 Å². The lowest BCUT2D eigenvalue weighted by molar-refractivity contribution is -0.385. The minimum absolute atomic E-state index is 0.0734. The van der Waals surface area contributed by atoms with E-state index in [9.17, 15) is 37.1 Å². The van der Waals surface area contributed by atoms with Crippen molar-refractivity contribution in [3.05, 3.63) is 133 Å². The second-order valence-electron chi connectivity index (χ2n) is 12.5. The van der Waals surface area contributed by atoms with Crippen molar-refractivity contribution in [3.8, 4) is 0 Å². The highest BCUT2D eigenvalue weighted by Crippen LogP contribution is 2.35. The van der Waals surface area contributed by atoms with E-state index in [0.29, 0.717) is 18.8 Å². The van der Waals surface area contributed by atoms with Gasteiger partial charge in [-0.2, -0.15) is 0 Å². The van der Waals surface area contributed by atoms with Gasteiger partial charge in [-0.15, -0.1) is 0 Å². The van der Waals surface area contributed by atoms with E-state index >= 15 is 0 Å². The molecule has 2 aliphatic heterocycles. The van der Waals surface area contributed by atoms with Crippen LogP contribution in [0.3, 0.4) is 0 Å². The highest BCUT2D eigenvalue weighted by atomic mass is 35.5. The van der Waals surface area contributed by atoms with Gasteiger partial charge in [-0.05, 0) is 50.5 Å². The monoisotopic (exact) mass is 786 g/mol. The van der Waals surface area contributed by atoms with Crippen molar-refractivity contribution >= 4 is 48.3 Å². The fourth-order valence-corrected chi connectivity index (χ4v) is 8.72. The van der Waals surface area contributed by atoms with E-state index in [1.165, 1.54) is 61.6 Å². The maximum absolute atomic E-state index is 12.7. The second-order valence-corrected chi connectivity index (χ2v) is 16.9. The predicted octanol–water partition coefficient (Wildman–Crippen LogP) is 5.06. The summed E-state index contributed by atoms with van der Waals surface area (Å²) in [6, 6.07) is 25.0. The number of benzene rings is 4. The minimum Gasteiger partial charge on any atom is -0.363 e. The number of sulfone groups is 2. The zero-order chi connectivity index (χ0) is 38.6. The van der Waals surface area contributed by atoms with Gasteiger partial charge in [-0.25, -0.2) is 16.8 Å². The van der Waals surface area contributed by atoms with Gasteiger partial charge in [0.15, 0.2) is 19.7 Å². The SMILES string of the molecule is CN1CCN(c2cccc(CS(=O)(=O)c3ccccc3)c2[N+](=O)[O-])CC1.CN1CCNCC1.O=[N+]([O-])c1c(Cl)cccc1CS(=O)(=O)c1ccccc1. The summed E-state index contributed by atoms with van der Waals surface area (Å²) in [5.41, 5.74) is 0.302. The Morgan fingerprint density at radius 3 is 1.47 bits per heavy atom. The van der Waals surface area contributed by atoms with Crippen molar-refractivity contribution in [1.29, 1.82) is 0 Å². The summed E-state index contributed by atoms with van der Waals surface area (Å²) in [6.45, 7) is 7.71. The lowest BCUT2D eigenvalue weighted by Gasteiger charge is -2.33. The van der Waals surface area contributed by atoms with Crippen LogP contribution in [-0.2, 0) is 31.2 Å². The molecule has 14 nitrogen and oxygen atoms in total. The number of piperazine rings is 2. The highest BCUT2D eigenvalue weighted by Gasteiger charge is 2.29. The van der Waals surface area contributed by atoms with Crippen LogP contribution in [0, 0.1) is 20.2 Å². The third-order valence-corrected chi connectivity index (χ3v) is 12.3. The van der Waals surface area contributed by atoms with Gasteiger partial charge in [0.1, 0.15) is 10.7 Å². The number of likely N-dealkylation sites (N-methyl/N-ethyl adjacent to an activating group) is 2. The molecule has 4 aromatic rings. The topological polar surface area (TPSA) is 176 Å². The maximum atomic E-state index is 12.7. The van der Waals surface area contributed by atoms with Gasteiger partial charge in [-0.1, -0.05) is 72.3 Å². The Balaban J connectivity index is 0.000000204. The maximum Gasteiger partial charge on any atom is 0.296 e. The number of nitro benzene ring substituents is 2. The first-order chi connectivity index (χ1) is 25.2. The second kappa shape index (κ2) is 19.0. The number of anilines is 1. The van der Waals surface area contributed by atoms with Crippen molar-refractivity contribution in [2.45, 2.75) is 21.3 Å². The van der Waals surface area contributed by atoms with Crippen molar-refractivity contribution in [2.24, 2.45) is 0 Å². The summed E-state index contributed by atoms with van der Waals surface area (Å²) in [5.74, 6) is -0.858. The summed E-state index contributed by atoms with van der Waals surface area (Å²) >= 11 is 5.76. The van der Waals surface area contributed by atoms with E-state index in [1.54, 1.807) is 48.5 Å². The number of nitro groups is 2. The van der Waals surface area contributed by atoms with Gasteiger partial charge in [0.2, 0.25) is 0 Å². The van der Waals surface area contributed by atoms with Gasteiger partial charge < -0.3 is 20.0 Å². The third-order valence-electron chi connectivity index (χ3n) is 8.61. The van der Waals surface area contributed by atoms with E-state index in [4.69, 9.17) is 11.6 Å². The van der Waals surface area contributed by atoms with Crippen molar-refractivity contribution in [2.75, 3.05) is 71.4 Å². The summed E-state index contributed by atoms with van der Waals surface area (Å²) in [4.78, 5) is 28.3. The van der Waals surface area contributed by atoms with Gasteiger partial charge in [0.25, 0.3) is 11.4 Å². The minimum atomic E-state index is -3.66. The van der Waals surface area contributed by atoms with E-state index in [0.717, 1.165) is 26.2 Å². The normalized spacial score (nSPS) is 15.3. The Morgan fingerprint density at radius 1 is 0.604 bits per heavy atom. The number of nitrogens with one attached hydrogen (secondary N) is 1. The molecule has 0 atom stereocenters.